The molecule has 4 N–H and O–H groups in total. The Labute approximate surface area is 48.8 Å². The molecule has 0 aromatic carbocycles. The largest absolute Gasteiger partial charge is 0.311 e. The molecule has 1 aliphatic heterocycles. The first-order chi connectivity index (χ1) is 3.80. The van der Waals surface area contributed by atoms with Crippen LogP contribution in [0.2, 0.25) is 0 Å². The summed E-state index contributed by atoms with van der Waals surface area (Å²) < 4.78 is 0. The molecule has 8 heavy (non-hydrogen) atoms. The van der Waals surface area contributed by atoms with Crippen LogP contribution in [0, 0.1) is 0 Å². The van der Waals surface area contributed by atoms with Gasteiger partial charge in [0, 0.05) is 12.3 Å². The molecule has 0 aromatic heterocycles. The zero-order chi connectivity index (χ0) is 5.98. The van der Waals surface area contributed by atoms with Crippen molar-refractivity contribution in [3.8, 4) is 0 Å². The van der Waals surface area contributed by atoms with Crippen molar-refractivity contribution in [1.82, 2.24) is 0 Å². The molecule has 0 saturated carbocycles. The second-order valence-corrected chi connectivity index (χ2v) is 2.00. The van der Waals surface area contributed by atoms with Crippen LogP contribution in [-0.4, -0.2) is 18.4 Å². The van der Waals surface area contributed by atoms with Gasteiger partial charge in [0.15, 0.2) is 0 Å². The Morgan fingerprint density at radius 3 is 2.50 bits per heavy atom. The van der Waals surface area contributed by atoms with Gasteiger partial charge in [-0.3, -0.25) is 4.99 Å². The lowest BCUT2D eigenvalue weighted by atomic mass is 10.2. The van der Waals surface area contributed by atoms with Crippen LogP contribution in [0.1, 0.15) is 12.8 Å². The van der Waals surface area contributed by atoms with E-state index in [0.29, 0.717) is 0 Å². The molecule has 3 nitrogen and oxygen atoms in total. The second-order valence-electron chi connectivity index (χ2n) is 2.00. The fourth-order valence-corrected chi connectivity index (χ4v) is 0.834. The van der Waals surface area contributed by atoms with E-state index in [1.165, 1.54) is 0 Å². The van der Waals surface area contributed by atoms with Crippen molar-refractivity contribution >= 4 is 5.71 Å². The zero-order valence-corrected chi connectivity index (χ0v) is 4.80. The Morgan fingerprint density at radius 1 is 1.50 bits per heavy atom. The Hall–Kier alpha value is -0.410. The van der Waals surface area contributed by atoms with Crippen LogP contribution in [0.25, 0.3) is 0 Å². The molecule has 0 saturated heterocycles. The smallest absolute Gasteiger partial charge is 0.0915 e. The normalized spacial score (nSPS) is 19.6. The number of nitrogens with two attached hydrogens (primary N) is 2. The Morgan fingerprint density at radius 2 is 2.25 bits per heavy atom. The van der Waals surface area contributed by atoms with Crippen molar-refractivity contribution in [2.24, 2.45) is 16.5 Å². The zero-order valence-electron chi connectivity index (χ0n) is 4.80. The molecular formula is C5H11N3. The predicted molar refractivity (Wildman–Crippen MR) is 33.7 cm³/mol. The predicted octanol–water partition coefficient (Wildman–Crippen LogP) is -0.535. The molecule has 3 heteroatoms. The van der Waals surface area contributed by atoms with Crippen molar-refractivity contribution in [2.75, 3.05) is 6.54 Å². The lowest BCUT2D eigenvalue weighted by Gasteiger charge is -2.01. The quantitative estimate of drug-likeness (QED) is 0.449. The molecule has 0 fully saturated rings. The van der Waals surface area contributed by atoms with Crippen LogP contribution >= 0.6 is 0 Å². The van der Waals surface area contributed by atoms with Gasteiger partial charge in [-0.05, 0) is 12.8 Å². The maximum atomic E-state index is 5.34. The van der Waals surface area contributed by atoms with Crippen LogP contribution < -0.4 is 11.5 Å². The molecule has 1 heterocycles. The van der Waals surface area contributed by atoms with E-state index in [0.717, 1.165) is 25.1 Å². The summed E-state index contributed by atoms with van der Waals surface area (Å²) in [5, 5.41) is 0. The van der Waals surface area contributed by atoms with Crippen LogP contribution in [-0.2, 0) is 0 Å². The second kappa shape index (κ2) is 2.24. The highest BCUT2D eigenvalue weighted by Gasteiger charge is 2.09. The van der Waals surface area contributed by atoms with Gasteiger partial charge < -0.3 is 11.5 Å². The van der Waals surface area contributed by atoms with Crippen LogP contribution in [0.15, 0.2) is 4.99 Å². The maximum absolute atomic E-state index is 5.34. The van der Waals surface area contributed by atoms with Crippen molar-refractivity contribution < 1.29 is 0 Å². The van der Waals surface area contributed by atoms with Crippen molar-refractivity contribution in [3.63, 3.8) is 0 Å². The Balaban J connectivity index is 2.45. The van der Waals surface area contributed by atoms with Gasteiger partial charge in [0.05, 0.1) is 6.17 Å². The van der Waals surface area contributed by atoms with Gasteiger partial charge in [0.25, 0.3) is 0 Å². The van der Waals surface area contributed by atoms with Gasteiger partial charge in [0.2, 0.25) is 0 Å². The van der Waals surface area contributed by atoms with E-state index in [1.54, 1.807) is 0 Å². The first-order valence-electron chi connectivity index (χ1n) is 2.85. The summed E-state index contributed by atoms with van der Waals surface area (Å²) in [5.41, 5.74) is 11.7. The fourth-order valence-electron chi connectivity index (χ4n) is 0.834. The molecule has 0 atom stereocenters. The summed E-state index contributed by atoms with van der Waals surface area (Å²) in [6.07, 6.45) is 1.82. The van der Waals surface area contributed by atoms with E-state index in [2.05, 4.69) is 4.99 Å². The molecule has 0 aromatic rings. The van der Waals surface area contributed by atoms with Crippen LogP contribution in [0.5, 0.6) is 0 Å². The molecule has 1 aliphatic rings. The summed E-state index contributed by atoms with van der Waals surface area (Å²) in [4.78, 5) is 4.10. The van der Waals surface area contributed by atoms with E-state index in [9.17, 15) is 0 Å². The third-order valence-electron chi connectivity index (χ3n) is 1.29. The van der Waals surface area contributed by atoms with E-state index < -0.39 is 0 Å². The highest BCUT2D eigenvalue weighted by molar-refractivity contribution is 5.89. The van der Waals surface area contributed by atoms with Crippen LogP contribution in [0.4, 0.5) is 0 Å². The fraction of sp³-hybridized carbons (Fsp3) is 0.800. The summed E-state index contributed by atoms with van der Waals surface area (Å²) >= 11 is 0. The highest BCUT2D eigenvalue weighted by Crippen LogP contribution is 2.03. The molecule has 0 unspecified atom stereocenters. The number of aliphatic imine (C=N–C) groups is 1. The number of hydrogen-bond acceptors (Lipinski definition) is 3. The van der Waals surface area contributed by atoms with Gasteiger partial charge in [-0.1, -0.05) is 0 Å². The number of hydrogen-bond donors (Lipinski definition) is 2. The van der Waals surface area contributed by atoms with E-state index in [-0.39, 0.29) is 6.17 Å². The molecule has 0 aliphatic carbocycles. The molecule has 0 bridgehead atoms. The van der Waals surface area contributed by atoms with E-state index >= 15 is 0 Å². The first-order valence-corrected chi connectivity index (χ1v) is 2.85. The topological polar surface area (TPSA) is 64.4 Å². The maximum Gasteiger partial charge on any atom is 0.0915 e. The summed E-state index contributed by atoms with van der Waals surface area (Å²) in [6, 6.07) is 0. The molecule has 0 spiro atoms. The van der Waals surface area contributed by atoms with Crippen molar-refractivity contribution in [2.45, 2.75) is 19.0 Å². The van der Waals surface area contributed by atoms with E-state index in [1.807, 2.05) is 0 Å². The summed E-state index contributed by atoms with van der Waals surface area (Å²) in [5.74, 6) is 0. The Kier molecular flexibility index (Phi) is 1.60. The van der Waals surface area contributed by atoms with E-state index in [4.69, 9.17) is 11.5 Å². The third-order valence-corrected chi connectivity index (χ3v) is 1.29. The number of rotatable bonds is 1. The van der Waals surface area contributed by atoms with Gasteiger partial charge in [0.1, 0.15) is 0 Å². The molecule has 46 valence electrons. The van der Waals surface area contributed by atoms with Gasteiger partial charge in [-0.2, -0.15) is 0 Å². The third kappa shape index (κ3) is 1.05. The minimum absolute atomic E-state index is 0.308. The van der Waals surface area contributed by atoms with Gasteiger partial charge in [-0.25, -0.2) is 0 Å². The summed E-state index contributed by atoms with van der Waals surface area (Å²) in [6.45, 7) is 0.917. The van der Waals surface area contributed by atoms with Crippen molar-refractivity contribution in [3.05, 3.63) is 0 Å². The average molecular weight is 113 g/mol. The minimum atomic E-state index is -0.308. The SMILES string of the molecule is NC(N)C1=NCCC1. The molecular weight excluding hydrogens is 102 g/mol. The molecule has 0 radical (unpaired) electrons. The minimum Gasteiger partial charge on any atom is -0.311 e. The lowest BCUT2D eigenvalue weighted by Crippen LogP contribution is -2.38. The summed E-state index contributed by atoms with van der Waals surface area (Å²) in [7, 11) is 0. The molecule has 1 rings (SSSR count). The standard InChI is InChI=1S/C5H11N3/c6-5(7)4-2-1-3-8-4/h5H,1-3,6-7H2. The Bertz CT molecular complexity index is 106. The van der Waals surface area contributed by atoms with Crippen molar-refractivity contribution in [1.29, 1.82) is 0 Å². The lowest BCUT2D eigenvalue weighted by molar-refractivity contribution is 0.893. The van der Waals surface area contributed by atoms with Crippen LogP contribution in [0.3, 0.4) is 0 Å². The number of nitrogens with zero attached hydrogens (tertiary/aromatic N) is 1. The monoisotopic (exact) mass is 113 g/mol. The average Bonchev–Trinajstić information content (AvgIpc) is 2.12. The van der Waals surface area contributed by atoms with Gasteiger partial charge in [-0.15, -0.1) is 0 Å². The highest BCUT2D eigenvalue weighted by atomic mass is 14.9. The molecule has 0 amide bonds. The first kappa shape index (κ1) is 5.72. The van der Waals surface area contributed by atoms with Gasteiger partial charge >= 0.3 is 0 Å².